The summed E-state index contributed by atoms with van der Waals surface area (Å²) in [7, 11) is 3.03. The second-order valence-electron chi connectivity index (χ2n) is 22.1. The molecule has 2 bridgehead atoms. The molecule has 6 rings (SSSR count). The molecule has 4 aliphatic heterocycles. The Morgan fingerprint density at radius 2 is 1.57 bits per heavy atom. The molecule has 1 saturated carbocycles. The fourth-order valence-corrected chi connectivity index (χ4v) is 12.1. The number of para-hydroxylation sites is 1. The third-order valence-corrected chi connectivity index (χ3v) is 16.6. The summed E-state index contributed by atoms with van der Waals surface area (Å²) in [4.78, 5) is 61.2. The molecule has 3 unspecified atom stereocenters. The summed E-state index contributed by atoms with van der Waals surface area (Å²) in [5.74, 6) is -6.25. The normalized spacial score (nSPS) is 38.5. The summed E-state index contributed by atoms with van der Waals surface area (Å²) in [5.41, 5.74) is 10.7. The number of nitrogens with two attached hydrogens (primary N) is 1. The second kappa shape index (κ2) is 26.5. The summed E-state index contributed by atoms with van der Waals surface area (Å²) in [6.07, 6.45) is 16.4. The summed E-state index contributed by atoms with van der Waals surface area (Å²) >= 11 is 0. The van der Waals surface area contributed by atoms with Gasteiger partial charge in [-0.2, -0.15) is 0 Å². The molecule has 4 heterocycles. The number of aliphatic hydroxyl groups is 3. The minimum absolute atomic E-state index is 0.0440. The van der Waals surface area contributed by atoms with Gasteiger partial charge >= 0.3 is 5.97 Å². The molecule has 5 aliphatic rings. The minimum Gasteiger partial charge on any atom is -0.461 e. The number of anilines is 1. The van der Waals surface area contributed by atoms with Crippen molar-refractivity contribution in [2.75, 3.05) is 32.2 Å². The fourth-order valence-electron chi connectivity index (χ4n) is 12.1. The first-order valence-electron chi connectivity index (χ1n) is 27.1. The van der Waals surface area contributed by atoms with Crippen molar-refractivity contribution >= 4 is 29.1 Å². The monoisotopic (exact) mass is 1000 g/mol. The van der Waals surface area contributed by atoms with Crippen molar-refractivity contribution in [2.45, 2.75) is 198 Å². The smallest absolute Gasteiger partial charge is 0.329 e. The van der Waals surface area contributed by atoms with Gasteiger partial charge in [0.15, 0.2) is 5.78 Å². The SMILES string of the molecule is CO[C@@H]1CC(C[C@@H](C)[C@@H]2CC[C@H](N)/C=C(\C)[C@@H](O)[C@@H](OC)C(=O)[C@H](C)C[C@H](C)/C=C/C=C/C=C(\C)[C@@H](N3CCCc4ccccc43)C[C@@H]3CCC(C)[C@@](O)(O3)C(=O)C(=O)N3CCCCC3C(=O)O2)CC[C@H]1O. The van der Waals surface area contributed by atoms with Gasteiger partial charge in [0.1, 0.15) is 24.4 Å². The lowest BCUT2D eigenvalue weighted by molar-refractivity contribution is -0.263. The second-order valence-corrected chi connectivity index (χ2v) is 22.1. The van der Waals surface area contributed by atoms with Crippen LogP contribution < -0.4 is 10.6 Å². The highest BCUT2D eigenvalue weighted by Gasteiger charge is 2.53. The topological polar surface area (TPSA) is 198 Å². The Labute approximate surface area is 429 Å². The zero-order chi connectivity index (χ0) is 52.3. The molecule has 14 nitrogen and oxygen atoms in total. The Morgan fingerprint density at radius 3 is 2.32 bits per heavy atom. The number of rotatable bonds is 6. The van der Waals surface area contributed by atoms with Crippen LogP contribution >= 0.6 is 0 Å². The predicted molar refractivity (Wildman–Crippen MR) is 279 cm³/mol. The van der Waals surface area contributed by atoms with Crippen LogP contribution in [0.15, 0.2) is 71.9 Å². The molecule has 72 heavy (non-hydrogen) atoms. The summed E-state index contributed by atoms with van der Waals surface area (Å²) < 4.78 is 24.2. The number of aryl methyl sites for hydroxylation is 1. The highest BCUT2D eigenvalue weighted by atomic mass is 16.6. The van der Waals surface area contributed by atoms with Crippen LogP contribution in [0.4, 0.5) is 5.69 Å². The number of carbonyl (C=O) groups is 4. The van der Waals surface area contributed by atoms with E-state index in [1.54, 1.807) is 27.0 Å². The van der Waals surface area contributed by atoms with Gasteiger partial charge in [-0.25, -0.2) is 4.79 Å². The largest absolute Gasteiger partial charge is 0.461 e. The van der Waals surface area contributed by atoms with Gasteiger partial charge in [-0.1, -0.05) is 87.9 Å². The molecule has 1 aromatic rings. The number of piperidine rings is 1. The number of benzene rings is 1. The third kappa shape index (κ3) is 14.2. The maximum Gasteiger partial charge on any atom is 0.329 e. The predicted octanol–water partition coefficient (Wildman–Crippen LogP) is 7.50. The molecule has 15 atom stereocenters. The van der Waals surface area contributed by atoms with E-state index in [0.29, 0.717) is 76.2 Å². The number of hydrogen-bond donors (Lipinski definition) is 4. The molecule has 1 aliphatic carbocycles. The maximum atomic E-state index is 14.6. The van der Waals surface area contributed by atoms with Gasteiger partial charge in [0.25, 0.3) is 11.7 Å². The lowest BCUT2D eigenvalue weighted by Crippen LogP contribution is -2.61. The van der Waals surface area contributed by atoms with E-state index in [4.69, 9.17) is 24.7 Å². The molecule has 5 N–H and O–H groups in total. The highest BCUT2D eigenvalue weighted by molar-refractivity contribution is 6.39. The van der Waals surface area contributed by atoms with Crippen molar-refractivity contribution in [3.63, 3.8) is 0 Å². The van der Waals surface area contributed by atoms with Crippen LogP contribution in [-0.4, -0.2) is 132 Å². The van der Waals surface area contributed by atoms with E-state index in [9.17, 15) is 34.5 Å². The van der Waals surface area contributed by atoms with Gasteiger partial charge in [-0.05, 0) is 145 Å². The van der Waals surface area contributed by atoms with Crippen molar-refractivity contribution in [1.29, 1.82) is 0 Å². The van der Waals surface area contributed by atoms with Crippen LogP contribution in [0.1, 0.15) is 137 Å². The number of allylic oxidation sites excluding steroid dienone is 5. The molecule has 1 aromatic carbocycles. The van der Waals surface area contributed by atoms with Crippen LogP contribution in [0, 0.1) is 29.6 Å². The van der Waals surface area contributed by atoms with Gasteiger partial charge < -0.3 is 49.8 Å². The minimum atomic E-state index is -2.40. The fraction of sp³-hybridized carbons (Fsp3) is 0.690. The van der Waals surface area contributed by atoms with E-state index in [-0.39, 0.29) is 48.6 Å². The maximum absolute atomic E-state index is 14.6. The first-order valence-corrected chi connectivity index (χ1v) is 27.1. The van der Waals surface area contributed by atoms with Crippen molar-refractivity contribution in [2.24, 2.45) is 35.3 Å². The van der Waals surface area contributed by atoms with Crippen LogP contribution in [0.25, 0.3) is 0 Å². The highest BCUT2D eigenvalue weighted by Crippen LogP contribution is 2.40. The van der Waals surface area contributed by atoms with Crippen molar-refractivity contribution in [1.82, 2.24) is 4.90 Å². The molecular weight excluding hydrogens is 915 g/mol. The number of amides is 1. The van der Waals surface area contributed by atoms with Crippen LogP contribution in [0.5, 0.6) is 0 Å². The van der Waals surface area contributed by atoms with Gasteiger partial charge in [-0.15, -0.1) is 0 Å². The van der Waals surface area contributed by atoms with Crippen molar-refractivity contribution < 1.29 is 53.4 Å². The standard InChI is InChI=1S/C58H87N3O11/c1-36-17-10-9-11-18-37(2)48(60-30-16-20-43-19-12-13-21-46(43)60)35-45-26-23-41(6)58(68,72-45)55(65)56(66)61-29-15-14-22-47(61)57(67)71-50(38(3)32-42-24-27-49(62)51(34-42)69-7)28-25-44(59)33-40(5)53(64)54(70-8)52(63)39(4)31-36/h9-13,17-19,21,33,36,38-39,41-42,44-45,47-51,53-54,62,64,68H,14-16,20,22-32,34-35,59H2,1-8H3/b11-9+,17-10+,37-18+,40-33+/t36-,38-,39-,41?,42?,44+,45+,47?,48+,49-,50+,51-,53-,54+,58-/m1/s1. The average Bonchev–Trinajstić information content (AvgIpc) is 3.37. The molecule has 0 spiro atoms. The number of ketones is 2. The molecule has 0 radical (unpaired) electrons. The van der Waals surface area contributed by atoms with E-state index in [1.165, 1.54) is 17.6 Å². The number of carbonyl (C=O) groups excluding carboxylic acids is 4. The first kappa shape index (κ1) is 57.3. The van der Waals surface area contributed by atoms with Gasteiger partial charge in [0.05, 0.1) is 24.4 Å². The Kier molecular flexibility index (Phi) is 21.0. The Morgan fingerprint density at radius 1 is 0.819 bits per heavy atom. The van der Waals surface area contributed by atoms with Gasteiger partial charge in [0, 0.05) is 50.9 Å². The molecule has 2 saturated heterocycles. The zero-order valence-corrected chi connectivity index (χ0v) is 44.5. The number of esters is 1. The zero-order valence-electron chi connectivity index (χ0n) is 44.5. The van der Waals surface area contributed by atoms with Gasteiger partial charge in [0.2, 0.25) is 5.79 Å². The molecule has 1 amide bonds. The lowest BCUT2D eigenvalue weighted by atomic mass is 9.78. The Hall–Kier alpha value is -4.02. The number of aliphatic hydroxyl groups excluding tert-OH is 2. The number of nitrogens with zero attached hydrogens (tertiary/aromatic N) is 2. The molecule has 0 aromatic heterocycles. The third-order valence-electron chi connectivity index (χ3n) is 16.6. The van der Waals surface area contributed by atoms with Crippen molar-refractivity contribution in [3.05, 3.63) is 77.4 Å². The van der Waals surface area contributed by atoms with E-state index < -0.39 is 77.9 Å². The van der Waals surface area contributed by atoms with Crippen LogP contribution in [0.2, 0.25) is 0 Å². The van der Waals surface area contributed by atoms with E-state index in [0.717, 1.165) is 37.1 Å². The van der Waals surface area contributed by atoms with Crippen LogP contribution in [-0.2, 0) is 44.5 Å². The molecule has 400 valence electrons. The number of fused-ring (bicyclic) bond motifs is 4. The summed E-state index contributed by atoms with van der Waals surface area (Å²) in [6.45, 7) is 12.5. The van der Waals surface area contributed by atoms with Crippen LogP contribution in [0.3, 0.4) is 0 Å². The number of ether oxygens (including phenoxy) is 4. The van der Waals surface area contributed by atoms with E-state index in [2.05, 4.69) is 49.1 Å². The summed E-state index contributed by atoms with van der Waals surface area (Å²) in [5, 5.41) is 34.4. The molecular formula is C58H87N3O11. The lowest BCUT2D eigenvalue weighted by Gasteiger charge is -2.45. The Balaban J connectivity index is 1.33. The number of methoxy groups -OCH3 is 2. The van der Waals surface area contributed by atoms with E-state index in [1.807, 2.05) is 38.1 Å². The summed E-state index contributed by atoms with van der Waals surface area (Å²) in [6, 6.07) is 6.61. The van der Waals surface area contributed by atoms with Gasteiger partial charge in [-0.3, -0.25) is 14.4 Å². The molecule has 3 fully saturated rings. The first-order chi connectivity index (χ1) is 34.4. The van der Waals surface area contributed by atoms with Crippen molar-refractivity contribution in [3.8, 4) is 0 Å². The quantitative estimate of drug-likeness (QED) is 0.124. The number of cyclic esters (lactones) is 1. The number of Topliss-reactive ketones (excluding diaryl/α,β-unsaturated/α-hetero) is 2. The van der Waals surface area contributed by atoms with E-state index >= 15 is 0 Å². The average molecular weight is 1000 g/mol. The molecule has 14 heteroatoms. The number of hydrogen-bond acceptors (Lipinski definition) is 13. The Bertz CT molecular complexity index is 2120.